The summed E-state index contributed by atoms with van der Waals surface area (Å²) in [4.78, 5) is 36.2. The fraction of sp³-hybridized carbons (Fsp3) is 0.231. The number of hydrogen-bond donors (Lipinski definition) is 1. The van der Waals surface area contributed by atoms with Crippen LogP contribution >= 0.6 is 23.7 Å². The van der Waals surface area contributed by atoms with Crippen molar-refractivity contribution in [3.8, 4) is 11.3 Å². The molecule has 174 valence electrons. The molecule has 5 rings (SSSR count). The number of thiophene rings is 1. The molecule has 0 bridgehead atoms. The zero-order chi connectivity index (χ0) is 22.8. The number of ether oxygens (including phenoxy) is 1. The maximum atomic E-state index is 13.6. The van der Waals surface area contributed by atoms with Crippen LogP contribution in [-0.2, 0) is 17.6 Å². The summed E-state index contributed by atoms with van der Waals surface area (Å²) in [6.45, 7) is 0. The molecule has 1 amide bonds. The van der Waals surface area contributed by atoms with Gasteiger partial charge in [0.15, 0.2) is 0 Å². The Labute approximate surface area is 207 Å². The van der Waals surface area contributed by atoms with Gasteiger partial charge in [-0.3, -0.25) is 9.78 Å². The number of nitrogens with one attached hydrogen (secondary N) is 1. The molecule has 4 aromatic rings. The number of carbonyl (C=O) groups excluding carboxylic acids is 2. The highest BCUT2D eigenvalue weighted by atomic mass is 35.5. The topological polar surface area (TPSA) is 81.2 Å². The molecule has 0 atom stereocenters. The number of esters is 1. The van der Waals surface area contributed by atoms with Gasteiger partial charge in [0.1, 0.15) is 5.00 Å². The first-order valence-corrected chi connectivity index (χ1v) is 11.8. The molecule has 0 aliphatic heterocycles. The van der Waals surface area contributed by atoms with Crippen molar-refractivity contribution in [3.63, 3.8) is 0 Å². The molecule has 0 radical (unpaired) electrons. The molecule has 8 heteroatoms. The molecule has 0 spiro atoms. The van der Waals surface area contributed by atoms with Crippen LogP contribution < -0.4 is 5.32 Å². The number of rotatable bonds is 4. The molecule has 1 N–H and O–H groups in total. The first-order valence-electron chi connectivity index (χ1n) is 11.0. The first-order chi connectivity index (χ1) is 16.2. The van der Waals surface area contributed by atoms with Gasteiger partial charge >= 0.3 is 5.97 Å². The lowest BCUT2D eigenvalue weighted by Gasteiger charge is -2.11. The van der Waals surface area contributed by atoms with E-state index in [1.54, 1.807) is 18.5 Å². The normalized spacial score (nSPS) is 12.9. The van der Waals surface area contributed by atoms with Gasteiger partial charge < -0.3 is 10.1 Å². The number of benzene rings is 1. The fourth-order valence-electron chi connectivity index (χ4n) is 4.35. The third-order valence-corrected chi connectivity index (χ3v) is 7.18. The van der Waals surface area contributed by atoms with Crippen LogP contribution in [0.3, 0.4) is 0 Å². The third kappa shape index (κ3) is 4.54. The van der Waals surface area contributed by atoms with Crippen LogP contribution in [0, 0.1) is 0 Å². The number of nitrogens with zero attached hydrogens (tertiary/aromatic N) is 2. The van der Waals surface area contributed by atoms with Crippen LogP contribution in [0.4, 0.5) is 5.00 Å². The lowest BCUT2D eigenvalue weighted by molar-refractivity contribution is 0.0601. The second-order valence-corrected chi connectivity index (χ2v) is 9.13. The number of carbonyl (C=O) groups is 2. The molecule has 1 aliphatic rings. The van der Waals surface area contributed by atoms with Crippen molar-refractivity contribution < 1.29 is 14.3 Å². The molecule has 1 aromatic carbocycles. The molecular formula is C26H24ClN3O3S. The summed E-state index contributed by atoms with van der Waals surface area (Å²) in [6, 6.07) is 13.1. The number of para-hydroxylation sites is 1. The van der Waals surface area contributed by atoms with E-state index in [1.165, 1.54) is 23.3 Å². The van der Waals surface area contributed by atoms with Crippen LogP contribution in [0.2, 0.25) is 0 Å². The van der Waals surface area contributed by atoms with Gasteiger partial charge in [0.05, 0.1) is 29.4 Å². The summed E-state index contributed by atoms with van der Waals surface area (Å²) in [5, 5.41) is 4.34. The molecular weight excluding hydrogens is 470 g/mol. The summed E-state index contributed by atoms with van der Waals surface area (Å²) in [5.74, 6) is -0.674. The summed E-state index contributed by atoms with van der Waals surface area (Å²) in [6.07, 6.45) is 8.42. The second-order valence-electron chi connectivity index (χ2n) is 8.02. The highest BCUT2D eigenvalue weighted by Gasteiger charge is 2.27. The summed E-state index contributed by atoms with van der Waals surface area (Å²) in [5.41, 5.74) is 4.33. The van der Waals surface area contributed by atoms with E-state index in [-0.39, 0.29) is 18.3 Å². The van der Waals surface area contributed by atoms with Crippen LogP contribution in [0.1, 0.15) is 50.4 Å². The lowest BCUT2D eigenvalue weighted by atomic mass is 10.0. The van der Waals surface area contributed by atoms with Gasteiger partial charge in [-0.2, -0.15) is 0 Å². The molecule has 1 aliphatic carbocycles. The van der Waals surface area contributed by atoms with E-state index >= 15 is 0 Å². The molecule has 3 heterocycles. The van der Waals surface area contributed by atoms with E-state index in [0.29, 0.717) is 21.8 Å². The second kappa shape index (κ2) is 10.3. The van der Waals surface area contributed by atoms with Crippen molar-refractivity contribution in [1.29, 1.82) is 0 Å². The van der Waals surface area contributed by atoms with Crippen molar-refractivity contribution in [3.05, 3.63) is 76.4 Å². The van der Waals surface area contributed by atoms with Crippen LogP contribution in [0.5, 0.6) is 0 Å². The average Bonchev–Trinajstić information content (AvgIpc) is 3.03. The Morgan fingerprint density at radius 1 is 1.03 bits per heavy atom. The molecule has 0 saturated carbocycles. The Morgan fingerprint density at radius 2 is 1.79 bits per heavy atom. The molecule has 34 heavy (non-hydrogen) atoms. The molecule has 0 unspecified atom stereocenters. The van der Waals surface area contributed by atoms with E-state index in [2.05, 4.69) is 10.3 Å². The van der Waals surface area contributed by atoms with Crippen LogP contribution in [-0.4, -0.2) is 29.0 Å². The number of hydrogen-bond acceptors (Lipinski definition) is 6. The zero-order valence-corrected chi connectivity index (χ0v) is 20.3. The van der Waals surface area contributed by atoms with Crippen molar-refractivity contribution >= 4 is 51.5 Å². The Balaban J connectivity index is 0.00000274. The highest BCUT2D eigenvalue weighted by molar-refractivity contribution is 7.17. The molecule has 0 fully saturated rings. The Morgan fingerprint density at radius 3 is 2.59 bits per heavy atom. The largest absolute Gasteiger partial charge is 0.465 e. The minimum Gasteiger partial charge on any atom is -0.465 e. The third-order valence-electron chi connectivity index (χ3n) is 5.97. The highest BCUT2D eigenvalue weighted by Crippen LogP contribution is 2.38. The first kappa shape index (κ1) is 23.9. The number of fused-ring (bicyclic) bond motifs is 2. The summed E-state index contributed by atoms with van der Waals surface area (Å²) >= 11 is 1.49. The van der Waals surface area contributed by atoms with Crippen molar-refractivity contribution in [2.45, 2.75) is 32.1 Å². The van der Waals surface area contributed by atoms with Gasteiger partial charge in [0.2, 0.25) is 0 Å². The number of anilines is 1. The monoisotopic (exact) mass is 493 g/mol. The number of amides is 1. The molecule has 0 saturated heterocycles. The quantitative estimate of drug-likeness (QED) is 0.275. The SMILES string of the molecule is COC(=O)c1c(NC(=O)c2cc(-c3ccncc3)nc3ccccc23)sc2c1CCCCC2.Cl. The predicted molar refractivity (Wildman–Crippen MR) is 137 cm³/mol. The number of aryl methyl sites for hydroxylation is 1. The smallest absolute Gasteiger partial charge is 0.341 e. The standard InChI is InChI=1S/C26H23N3O3S.ClH/c1-32-26(31)23-18-8-3-2-4-10-22(18)33-25(23)29-24(30)19-15-21(16-11-13-27-14-12-16)28-20-9-6-5-7-17(19)20;/h5-7,9,11-15H,2-4,8,10H2,1H3,(H,29,30);1H. The van der Waals surface area contributed by atoms with Gasteiger partial charge in [-0.05, 0) is 55.5 Å². The average molecular weight is 494 g/mol. The summed E-state index contributed by atoms with van der Waals surface area (Å²) in [7, 11) is 1.38. The maximum absolute atomic E-state index is 13.6. The number of halogens is 1. The minimum atomic E-state index is -0.401. The summed E-state index contributed by atoms with van der Waals surface area (Å²) < 4.78 is 5.08. The Kier molecular flexibility index (Phi) is 7.24. The van der Waals surface area contributed by atoms with Crippen molar-refractivity contribution in [2.75, 3.05) is 12.4 Å². The predicted octanol–water partition coefficient (Wildman–Crippen LogP) is 6.09. The fourth-order valence-corrected chi connectivity index (χ4v) is 5.63. The Bertz CT molecular complexity index is 1350. The van der Waals surface area contributed by atoms with E-state index < -0.39 is 5.97 Å². The van der Waals surface area contributed by atoms with E-state index in [1.807, 2.05) is 36.4 Å². The van der Waals surface area contributed by atoms with Crippen molar-refractivity contribution in [2.24, 2.45) is 0 Å². The maximum Gasteiger partial charge on any atom is 0.341 e. The number of methoxy groups -OCH3 is 1. The van der Waals surface area contributed by atoms with Crippen LogP contribution in [0.25, 0.3) is 22.2 Å². The lowest BCUT2D eigenvalue weighted by Crippen LogP contribution is -2.15. The van der Waals surface area contributed by atoms with Gasteiger partial charge in [-0.15, -0.1) is 23.7 Å². The minimum absolute atomic E-state index is 0. The van der Waals surface area contributed by atoms with E-state index in [9.17, 15) is 9.59 Å². The van der Waals surface area contributed by atoms with Gasteiger partial charge in [0.25, 0.3) is 5.91 Å². The molecule has 3 aromatic heterocycles. The number of aromatic nitrogens is 2. The Hall–Kier alpha value is -3.29. The van der Waals surface area contributed by atoms with E-state index in [4.69, 9.17) is 9.72 Å². The van der Waals surface area contributed by atoms with Gasteiger partial charge in [0, 0.05) is 28.2 Å². The van der Waals surface area contributed by atoms with Gasteiger partial charge in [-0.1, -0.05) is 24.6 Å². The van der Waals surface area contributed by atoms with Crippen molar-refractivity contribution in [1.82, 2.24) is 9.97 Å². The van der Waals surface area contributed by atoms with Crippen LogP contribution in [0.15, 0.2) is 54.9 Å². The number of pyridine rings is 2. The van der Waals surface area contributed by atoms with E-state index in [0.717, 1.165) is 54.1 Å². The van der Waals surface area contributed by atoms with Gasteiger partial charge in [-0.25, -0.2) is 9.78 Å². The zero-order valence-electron chi connectivity index (χ0n) is 18.7. The molecule has 6 nitrogen and oxygen atoms in total.